The van der Waals surface area contributed by atoms with E-state index in [1.54, 1.807) is 0 Å². The van der Waals surface area contributed by atoms with E-state index >= 15 is 0 Å². The van der Waals surface area contributed by atoms with Crippen molar-refractivity contribution >= 4 is 17.7 Å². The molecule has 0 amide bonds. The van der Waals surface area contributed by atoms with Crippen molar-refractivity contribution in [1.82, 2.24) is 0 Å². The van der Waals surface area contributed by atoms with Gasteiger partial charge in [-0.2, -0.15) is 0 Å². The average Bonchev–Trinajstić information content (AvgIpc) is 2.38. The van der Waals surface area contributed by atoms with Gasteiger partial charge in [-0.25, -0.2) is 0 Å². The van der Waals surface area contributed by atoms with Crippen LogP contribution in [0.4, 0.5) is 0 Å². The number of ketones is 1. The van der Waals surface area contributed by atoms with E-state index in [2.05, 4.69) is 9.47 Å². The molecule has 0 saturated heterocycles. The molecular weight excluding hydrogens is 240 g/mol. The first-order valence-corrected chi connectivity index (χ1v) is 5.60. The molecule has 0 aliphatic heterocycles. The minimum Gasteiger partial charge on any atom is -0.515 e. The molecule has 0 radical (unpaired) electrons. The molecule has 0 aromatic carbocycles. The Morgan fingerprint density at radius 3 is 2.33 bits per heavy atom. The van der Waals surface area contributed by atoms with Crippen LogP contribution in [0.1, 0.15) is 19.3 Å². The summed E-state index contributed by atoms with van der Waals surface area (Å²) < 4.78 is 9.11. The van der Waals surface area contributed by atoms with Crippen molar-refractivity contribution in [3.63, 3.8) is 0 Å². The summed E-state index contributed by atoms with van der Waals surface area (Å²) >= 11 is 0. The van der Waals surface area contributed by atoms with E-state index in [9.17, 15) is 14.4 Å². The maximum Gasteiger partial charge on any atom is 0.320 e. The lowest BCUT2D eigenvalue weighted by Crippen LogP contribution is -2.37. The Labute approximate surface area is 105 Å². The zero-order chi connectivity index (χ0) is 13.7. The van der Waals surface area contributed by atoms with Crippen LogP contribution in [-0.4, -0.2) is 37.0 Å². The van der Waals surface area contributed by atoms with Gasteiger partial charge in [0.2, 0.25) is 0 Å². The van der Waals surface area contributed by atoms with Crippen LogP contribution in [0.5, 0.6) is 0 Å². The van der Waals surface area contributed by atoms with Crippen LogP contribution in [0.3, 0.4) is 0 Å². The van der Waals surface area contributed by atoms with E-state index in [-0.39, 0.29) is 11.4 Å². The SMILES string of the molecule is COC(=O)C(C(=O)OC)C1CCCC(=O)/C1=C\O. The standard InChI is InChI=1S/C12H16O6/c1-17-11(15)10(12(16)18-2)7-4-3-5-9(14)8(7)6-13/h6-7,10,13H,3-5H2,1-2H3/b8-6-. The monoisotopic (exact) mass is 256 g/mol. The number of hydrogen-bond donors (Lipinski definition) is 1. The van der Waals surface area contributed by atoms with Crippen LogP contribution in [0.15, 0.2) is 11.8 Å². The van der Waals surface area contributed by atoms with Gasteiger partial charge in [0.15, 0.2) is 11.7 Å². The zero-order valence-corrected chi connectivity index (χ0v) is 10.3. The summed E-state index contributed by atoms with van der Waals surface area (Å²) in [7, 11) is 2.32. The molecule has 0 aromatic heterocycles. The average molecular weight is 256 g/mol. The van der Waals surface area contributed by atoms with Crippen LogP contribution in [0.25, 0.3) is 0 Å². The number of allylic oxidation sites excluding steroid dienone is 1. The van der Waals surface area contributed by atoms with Crippen LogP contribution in [0.2, 0.25) is 0 Å². The maximum absolute atomic E-state index is 11.6. The van der Waals surface area contributed by atoms with Crippen molar-refractivity contribution in [3.05, 3.63) is 11.8 Å². The fourth-order valence-corrected chi connectivity index (χ4v) is 2.18. The molecule has 0 heterocycles. The molecule has 0 aromatic rings. The molecule has 1 saturated carbocycles. The number of aliphatic hydroxyl groups is 1. The molecule has 1 unspecified atom stereocenters. The van der Waals surface area contributed by atoms with Gasteiger partial charge in [-0.05, 0) is 12.8 Å². The first-order chi connectivity index (χ1) is 8.56. The quantitative estimate of drug-likeness (QED) is 0.347. The van der Waals surface area contributed by atoms with Gasteiger partial charge >= 0.3 is 11.9 Å². The van der Waals surface area contributed by atoms with Crippen LogP contribution in [-0.2, 0) is 23.9 Å². The number of methoxy groups -OCH3 is 2. The Hall–Kier alpha value is -1.85. The first-order valence-electron chi connectivity index (χ1n) is 5.60. The van der Waals surface area contributed by atoms with Gasteiger partial charge in [-0.1, -0.05) is 0 Å². The highest BCUT2D eigenvalue weighted by Gasteiger charge is 2.42. The molecule has 1 N–H and O–H groups in total. The van der Waals surface area contributed by atoms with E-state index in [0.717, 1.165) is 14.2 Å². The number of rotatable bonds is 3. The summed E-state index contributed by atoms with van der Waals surface area (Å²) in [6.07, 6.45) is 1.99. The zero-order valence-electron chi connectivity index (χ0n) is 10.3. The minimum atomic E-state index is -1.21. The number of aliphatic hydroxyl groups excluding tert-OH is 1. The van der Waals surface area contributed by atoms with Crippen molar-refractivity contribution in [2.24, 2.45) is 11.8 Å². The number of esters is 2. The maximum atomic E-state index is 11.6. The Morgan fingerprint density at radius 2 is 1.89 bits per heavy atom. The molecule has 18 heavy (non-hydrogen) atoms. The summed E-state index contributed by atoms with van der Waals surface area (Å²) in [5.41, 5.74) is 0.0852. The molecule has 0 bridgehead atoms. The third kappa shape index (κ3) is 2.69. The fourth-order valence-electron chi connectivity index (χ4n) is 2.18. The normalized spacial score (nSPS) is 22.1. The van der Waals surface area contributed by atoms with E-state index in [4.69, 9.17) is 5.11 Å². The summed E-state index contributed by atoms with van der Waals surface area (Å²) in [6, 6.07) is 0. The Balaban J connectivity index is 3.07. The minimum absolute atomic E-state index is 0.0852. The third-order valence-electron chi connectivity index (χ3n) is 3.09. The lowest BCUT2D eigenvalue weighted by atomic mass is 9.76. The van der Waals surface area contributed by atoms with Crippen LogP contribution < -0.4 is 0 Å². The van der Waals surface area contributed by atoms with Crippen molar-refractivity contribution in [3.8, 4) is 0 Å². The lowest BCUT2D eigenvalue weighted by Gasteiger charge is -2.27. The first kappa shape index (κ1) is 14.2. The van der Waals surface area contributed by atoms with E-state index in [1.807, 2.05) is 0 Å². The summed E-state index contributed by atoms with van der Waals surface area (Å²) in [6.45, 7) is 0. The van der Waals surface area contributed by atoms with Gasteiger partial charge in [0, 0.05) is 17.9 Å². The molecule has 0 spiro atoms. The van der Waals surface area contributed by atoms with Crippen molar-refractivity contribution < 1.29 is 29.0 Å². The smallest absolute Gasteiger partial charge is 0.320 e. The van der Waals surface area contributed by atoms with E-state index < -0.39 is 23.8 Å². The predicted molar refractivity (Wildman–Crippen MR) is 60.6 cm³/mol. The molecule has 1 aliphatic rings. The molecule has 1 rings (SSSR count). The number of ether oxygens (including phenoxy) is 2. The number of carbonyl (C=O) groups is 3. The summed E-state index contributed by atoms with van der Waals surface area (Å²) in [5.74, 6) is -3.67. The summed E-state index contributed by atoms with van der Waals surface area (Å²) in [5, 5.41) is 9.10. The van der Waals surface area contributed by atoms with Crippen molar-refractivity contribution in [2.45, 2.75) is 19.3 Å². The molecule has 6 nitrogen and oxygen atoms in total. The highest BCUT2D eigenvalue weighted by Crippen LogP contribution is 2.33. The lowest BCUT2D eigenvalue weighted by molar-refractivity contribution is -0.161. The van der Waals surface area contributed by atoms with Crippen molar-refractivity contribution in [2.75, 3.05) is 14.2 Å². The van der Waals surface area contributed by atoms with Gasteiger partial charge < -0.3 is 14.6 Å². The second-order valence-corrected chi connectivity index (χ2v) is 4.03. The Kier molecular flexibility index (Phi) is 4.88. The largest absolute Gasteiger partial charge is 0.515 e. The van der Waals surface area contributed by atoms with Crippen LogP contribution in [0, 0.1) is 11.8 Å². The highest BCUT2D eigenvalue weighted by atomic mass is 16.5. The topological polar surface area (TPSA) is 89.9 Å². The Morgan fingerprint density at radius 1 is 1.33 bits per heavy atom. The molecule has 1 atom stereocenters. The van der Waals surface area contributed by atoms with E-state index in [0.29, 0.717) is 25.5 Å². The number of Topliss-reactive ketones (excluding diaryl/α,β-unsaturated/α-hetero) is 1. The van der Waals surface area contributed by atoms with Gasteiger partial charge in [0.1, 0.15) is 0 Å². The number of carbonyl (C=O) groups excluding carboxylic acids is 3. The van der Waals surface area contributed by atoms with Crippen LogP contribution >= 0.6 is 0 Å². The molecule has 6 heteroatoms. The van der Waals surface area contributed by atoms with Gasteiger partial charge in [0.05, 0.1) is 20.5 Å². The van der Waals surface area contributed by atoms with Gasteiger partial charge in [0.25, 0.3) is 0 Å². The predicted octanol–water partition coefficient (Wildman–Crippen LogP) is 0.760. The second-order valence-electron chi connectivity index (χ2n) is 4.03. The molecule has 100 valence electrons. The van der Waals surface area contributed by atoms with E-state index in [1.165, 1.54) is 0 Å². The van der Waals surface area contributed by atoms with Gasteiger partial charge in [-0.3, -0.25) is 14.4 Å². The third-order valence-corrected chi connectivity index (χ3v) is 3.09. The van der Waals surface area contributed by atoms with Gasteiger partial charge in [-0.15, -0.1) is 0 Å². The van der Waals surface area contributed by atoms with Crippen molar-refractivity contribution in [1.29, 1.82) is 0 Å². The number of hydrogen-bond acceptors (Lipinski definition) is 6. The fraction of sp³-hybridized carbons (Fsp3) is 0.583. The Bertz CT molecular complexity index is 368. The second kappa shape index (κ2) is 6.18. The summed E-state index contributed by atoms with van der Waals surface area (Å²) in [4.78, 5) is 34.9. The molecular formula is C12H16O6. The molecule has 1 aliphatic carbocycles. The highest BCUT2D eigenvalue weighted by molar-refractivity contribution is 6.01. The molecule has 1 fully saturated rings.